The smallest absolute Gasteiger partial charge is 0.237 e. The highest BCUT2D eigenvalue weighted by Crippen LogP contribution is 2.29. The van der Waals surface area contributed by atoms with Crippen molar-refractivity contribution in [3.05, 3.63) is 70.9 Å². The Morgan fingerprint density at radius 2 is 1.89 bits per heavy atom. The quantitative estimate of drug-likeness (QED) is 0.430. The number of nitrogens with one attached hydrogen (secondary N) is 1. The third kappa shape index (κ3) is 6.46. The Kier molecular flexibility index (Phi) is 10.1. The molecule has 7 nitrogen and oxygen atoms in total. The fourth-order valence-electron chi connectivity index (χ4n) is 5.04. The van der Waals surface area contributed by atoms with Crippen molar-refractivity contribution >= 4 is 53.2 Å². The summed E-state index contributed by atoms with van der Waals surface area (Å²) in [7, 11) is 0. The topological polar surface area (TPSA) is 114 Å². The second-order valence-corrected chi connectivity index (χ2v) is 9.43. The summed E-state index contributed by atoms with van der Waals surface area (Å²) in [6.45, 7) is 6.82. The molecule has 36 heavy (non-hydrogen) atoms. The number of likely N-dealkylation sites (tertiary alicyclic amines) is 1. The minimum atomic E-state index is -0.469. The van der Waals surface area contributed by atoms with E-state index in [0.717, 1.165) is 17.7 Å². The van der Waals surface area contributed by atoms with E-state index >= 15 is 0 Å². The number of nitrogen functional groups attached to an aromatic ring is 1. The molecule has 0 saturated carbocycles. The number of anilines is 1. The fraction of sp³-hybridized carbons (Fsp3) is 0.370. The second kappa shape index (κ2) is 12.4. The summed E-state index contributed by atoms with van der Waals surface area (Å²) in [4.78, 5) is 31.4. The molecule has 1 saturated heterocycles. The van der Waals surface area contributed by atoms with Gasteiger partial charge in [0.05, 0.1) is 12.1 Å². The van der Waals surface area contributed by atoms with Crippen LogP contribution >= 0.6 is 24.8 Å². The molecule has 0 bridgehead atoms. The van der Waals surface area contributed by atoms with Crippen LogP contribution in [0, 0.1) is 19.8 Å². The van der Waals surface area contributed by atoms with Gasteiger partial charge in [-0.25, -0.2) is 4.98 Å². The zero-order valence-corrected chi connectivity index (χ0v) is 22.5. The van der Waals surface area contributed by atoms with Crippen molar-refractivity contribution in [2.45, 2.75) is 52.2 Å². The number of halogens is 2. The Labute approximate surface area is 224 Å². The average Bonchev–Trinajstić information content (AvgIpc) is 3.22. The molecule has 5 N–H and O–H groups in total. The number of rotatable bonds is 7. The standard InChI is InChI=1S/C27H33N5O2.2ClH/c1-16-5-4-6-21-12-19(7-9-23(16)21)11-20-13-24(26(29)33)32(15-20)18(3)27(34)30-14-22-8-10-25(28)31-17(22)2;;/h4-10,12,18,20,24H,11,13-15H2,1-3H3,(H2,28,31)(H2,29,33)(H,30,34);2*1H/t18-,20?,24?;;/m0../s1. The number of pyridine rings is 1. The predicted octanol–water partition coefficient (Wildman–Crippen LogP) is 3.70. The van der Waals surface area contributed by atoms with Crippen LogP contribution in [0.4, 0.5) is 5.82 Å². The molecule has 2 aromatic carbocycles. The number of carbonyl (C=O) groups is 2. The Bertz CT molecular complexity index is 1240. The highest BCUT2D eigenvalue weighted by atomic mass is 35.5. The molecule has 2 amide bonds. The summed E-state index contributed by atoms with van der Waals surface area (Å²) in [6.07, 6.45) is 1.49. The van der Waals surface area contributed by atoms with Crippen LogP contribution in [0.5, 0.6) is 0 Å². The number of fused-ring (bicyclic) bond motifs is 1. The molecule has 2 unspecified atom stereocenters. The van der Waals surface area contributed by atoms with Crippen LogP contribution in [-0.2, 0) is 22.6 Å². The third-order valence-electron chi connectivity index (χ3n) is 6.99. The number of aryl methyl sites for hydroxylation is 2. The molecule has 1 aliphatic heterocycles. The van der Waals surface area contributed by atoms with Crippen LogP contribution in [0.15, 0.2) is 48.5 Å². The molecule has 1 fully saturated rings. The lowest BCUT2D eigenvalue weighted by molar-refractivity contribution is -0.129. The van der Waals surface area contributed by atoms with Gasteiger partial charge in [-0.2, -0.15) is 0 Å². The van der Waals surface area contributed by atoms with Crippen LogP contribution in [-0.4, -0.2) is 40.3 Å². The van der Waals surface area contributed by atoms with Crippen molar-refractivity contribution in [1.82, 2.24) is 15.2 Å². The van der Waals surface area contributed by atoms with Gasteiger partial charge in [0.15, 0.2) is 0 Å². The molecule has 9 heteroatoms. The van der Waals surface area contributed by atoms with Crippen molar-refractivity contribution in [2.24, 2.45) is 11.7 Å². The minimum absolute atomic E-state index is 0. The minimum Gasteiger partial charge on any atom is -0.384 e. The summed E-state index contributed by atoms with van der Waals surface area (Å²) in [5.74, 6) is 0.188. The number of primary amides is 1. The van der Waals surface area contributed by atoms with Gasteiger partial charge in [-0.3, -0.25) is 14.5 Å². The van der Waals surface area contributed by atoms with Gasteiger partial charge in [-0.1, -0.05) is 42.5 Å². The van der Waals surface area contributed by atoms with Crippen molar-refractivity contribution in [2.75, 3.05) is 12.3 Å². The average molecular weight is 533 g/mol. The summed E-state index contributed by atoms with van der Waals surface area (Å²) in [5.41, 5.74) is 15.6. The second-order valence-electron chi connectivity index (χ2n) is 9.43. The van der Waals surface area contributed by atoms with E-state index in [1.807, 2.05) is 24.8 Å². The normalized spacial score (nSPS) is 18.2. The molecule has 0 aliphatic carbocycles. The van der Waals surface area contributed by atoms with E-state index < -0.39 is 12.1 Å². The first-order valence-electron chi connectivity index (χ1n) is 11.8. The molecule has 2 heterocycles. The molecule has 1 aliphatic rings. The molecular formula is C27H35Cl2N5O2. The number of amides is 2. The number of nitrogens with zero attached hydrogens (tertiary/aromatic N) is 2. The van der Waals surface area contributed by atoms with Gasteiger partial charge >= 0.3 is 0 Å². The van der Waals surface area contributed by atoms with Gasteiger partial charge in [-0.15, -0.1) is 24.8 Å². The zero-order valence-electron chi connectivity index (χ0n) is 20.9. The number of hydrogen-bond donors (Lipinski definition) is 3. The molecule has 1 aromatic heterocycles. The predicted molar refractivity (Wildman–Crippen MR) is 149 cm³/mol. The number of carbonyl (C=O) groups excluding carboxylic acids is 2. The Balaban J connectivity index is 0.00000228. The van der Waals surface area contributed by atoms with E-state index in [1.54, 1.807) is 6.07 Å². The number of aromatic nitrogens is 1. The number of hydrogen-bond acceptors (Lipinski definition) is 5. The van der Waals surface area contributed by atoms with Crippen LogP contribution < -0.4 is 16.8 Å². The first-order valence-corrected chi connectivity index (χ1v) is 11.8. The van der Waals surface area contributed by atoms with E-state index in [1.165, 1.54) is 21.9 Å². The van der Waals surface area contributed by atoms with Crippen molar-refractivity contribution in [3.8, 4) is 0 Å². The first kappa shape index (κ1) is 29.4. The maximum atomic E-state index is 12.9. The molecule has 0 spiro atoms. The maximum absolute atomic E-state index is 12.9. The summed E-state index contributed by atoms with van der Waals surface area (Å²) < 4.78 is 0. The fourth-order valence-corrected chi connectivity index (χ4v) is 5.04. The third-order valence-corrected chi connectivity index (χ3v) is 6.99. The SMILES string of the molecule is Cc1nc(N)ccc1CNC(=O)[C@H](C)N1CC(Cc2ccc3c(C)cccc3c2)CC1C(N)=O.Cl.Cl. The lowest BCUT2D eigenvalue weighted by Gasteiger charge is -2.28. The van der Waals surface area contributed by atoms with Gasteiger partial charge in [-0.05, 0) is 73.1 Å². The van der Waals surface area contributed by atoms with E-state index in [2.05, 4.69) is 53.6 Å². The van der Waals surface area contributed by atoms with Gasteiger partial charge in [0, 0.05) is 18.8 Å². The van der Waals surface area contributed by atoms with E-state index in [9.17, 15) is 9.59 Å². The lowest BCUT2D eigenvalue weighted by atomic mass is 9.94. The molecule has 4 rings (SSSR count). The maximum Gasteiger partial charge on any atom is 0.237 e. The van der Waals surface area contributed by atoms with Crippen molar-refractivity contribution < 1.29 is 9.59 Å². The van der Waals surface area contributed by atoms with Crippen LogP contribution in [0.1, 0.15) is 35.7 Å². The Hall–Kier alpha value is -2.87. The molecule has 0 radical (unpaired) electrons. The van der Waals surface area contributed by atoms with E-state index in [4.69, 9.17) is 11.5 Å². The zero-order chi connectivity index (χ0) is 24.4. The van der Waals surface area contributed by atoms with Crippen molar-refractivity contribution in [1.29, 1.82) is 0 Å². The Morgan fingerprint density at radius 1 is 1.14 bits per heavy atom. The lowest BCUT2D eigenvalue weighted by Crippen LogP contribution is -2.51. The molecule has 3 aromatic rings. The van der Waals surface area contributed by atoms with Crippen molar-refractivity contribution in [3.63, 3.8) is 0 Å². The highest BCUT2D eigenvalue weighted by Gasteiger charge is 2.40. The number of nitrogens with two attached hydrogens (primary N) is 2. The summed E-state index contributed by atoms with van der Waals surface area (Å²) >= 11 is 0. The summed E-state index contributed by atoms with van der Waals surface area (Å²) in [6, 6.07) is 15.5. The van der Waals surface area contributed by atoms with Gasteiger partial charge < -0.3 is 16.8 Å². The van der Waals surface area contributed by atoms with Gasteiger partial charge in [0.2, 0.25) is 11.8 Å². The van der Waals surface area contributed by atoms with Crippen LogP contribution in [0.25, 0.3) is 10.8 Å². The van der Waals surface area contributed by atoms with Gasteiger partial charge in [0.1, 0.15) is 5.82 Å². The monoisotopic (exact) mass is 531 g/mol. The first-order chi connectivity index (χ1) is 16.2. The highest BCUT2D eigenvalue weighted by molar-refractivity contribution is 5.86. The van der Waals surface area contributed by atoms with Crippen LogP contribution in [0.3, 0.4) is 0 Å². The van der Waals surface area contributed by atoms with Crippen LogP contribution in [0.2, 0.25) is 0 Å². The van der Waals surface area contributed by atoms with E-state index in [-0.39, 0.29) is 42.5 Å². The van der Waals surface area contributed by atoms with E-state index in [0.29, 0.717) is 25.3 Å². The largest absolute Gasteiger partial charge is 0.384 e. The molecule has 3 atom stereocenters. The molecule has 194 valence electrons. The molecular weight excluding hydrogens is 497 g/mol. The van der Waals surface area contributed by atoms with Gasteiger partial charge in [0.25, 0.3) is 0 Å². The summed E-state index contributed by atoms with van der Waals surface area (Å²) in [5, 5.41) is 5.45. The number of benzene rings is 2. The Morgan fingerprint density at radius 3 is 2.58 bits per heavy atom.